The highest BCUT2D eigenvalue weighted by molar-refractivity contribution is 4.85. The Balaban J connectivity index is 2.44. The van der Waals surface area contributed by atoms with E-state index < -0.39 is 0 Å². The Morgan fingerprint density at radius 2 is 1.57 bits per heavy atom. The molecule has 1 aliphatic rings. The Labute approximate surface area is 133 Å². The smallest absolute Gasteiger partial charge is 0.0113 e. The second-order valence-electron chi connectivity index (χ2n) is 8.34. The van der Waals surface area contributed by atoms with Crippen molar-refractivity contribution in [3.63, 3.8) is 0 Å². The van der Waals surface area contributed by atoms with Crippen LogP contribution in [-0.2, 0) is 0 Å². The van der Waals surface area contributed by atoms with Crippen LogP contribution in [0, 0.1) is 5.41 Å². The molecule has 2 atom stereocenters. The fourth-order valence-electron chi connectivity index (χ4n) is 2.93. The van der Waals surface area contributed by atoms with Crippen LogP contribution in [-0.4, -0.2) is 60.6 Å². The van der Waals surface area contributed by atoms with Gasteiger partial charge in [0.05, 0.1) is 0 Å². The first-order chi connectivity index (χ1) is 9.69. The summed E-state index contributed by atoms with van der Waals surface area (Å²) in [6, 6.07) is 0.743. The summed E-state index contributed by atoms with van der Waals surface area (Å²) in [5, 5.41) is 3.70. The van der Waals surface area contributed by atoms with E-state index in [0.717, 1.165) is 12.6 Å². The lowest BCUT2D eigenvalue weighted by atomic mass is 9.85. The molecule has 0 amide bonds. The molecule has 21 heavy (non-hydrogen) atoms. The molecule has 1 fully saturated rings. The molecule has 0 spiro atoms. The van der Waals surface area contributed by atoms with Crippen LogP contribution in [0.5, 0.6) is 0 Å². The highest BCUT2D eigenvalue weighted by atomic mass is 15.3. The summed E-state index contributed by atoms with van der Waals surface area (Å²) in [5.74, 6) is 0. The van der Waals surface area contributed by atoms with E-state index in [-0.39, 0.29) is 5.54 Å². The Morgan fingerprint density at radius 1 is 1.00 bits per heavy atom. The number of hydrogen-bond acceptors (Lipinski definition) is 3. The van der Waals surface area contributed by atoms with E-state index >= 15 is 0 Å². The Kier molecular flexibility index (Phi) is 7.15. The van der Waals surface area contributed by atoms with E-state index in [1.807, 2.05) is 0 Å². The van der Waals surface area contributed by atoms with Gasteiger partial charge in [-0.15, -0.1) is 0 Å². The van der Waals surface area contributed by atoms with Gasteiger partial charge in [-0.25, -0.2) is 0 Å². The van der Waals surface area contributed by atoms with E-state index in [4.69, 9.17) is 0 Å². The number of piperazine rings is 1. The maximum Gasteiger partial charge on any atom is 0.0113 e. The van der Waals surface area contributed by atoms with Crippen LogP contribution < -0.4 is 5.32 Å². The van der Waals surface area contributed by atoms with Crippen LogP contribution >= 0.6 is 0 Å². The summed E-state index contributed by atoms with van der Waals surface area (Å²) in [5.41, 5.74) is 0.595. The van der Waals surface area contributed by atoms with E-state index in [1.54, 1.807) is 0 Å². The van der Waals surface area contributed by atoms with Crippen molar-refractivity contribution in [2.24, 2.45) is 5.41 Å². The van der Waals surface area contributed by atoms with E-state index in [2.05, 4.69) is 63.6 Å². The highest BCUT2D eigenvalue weighted by Gasteiger charge is 2.29. The Morgan fingerprint density at radius 3 is 2.00 bits per heavy atom. The lowest BCUT2D eigenvalue weighted by Crippen LogP contribution is -2.53. The number of rotatable bonds is 7. The normalized spacial score (nSPS) is 23.0. The van der Waals surface area contributed by atoms with Crippen molar-refractivity contribution in [3.05, 3.63) is 0 Å². The quantitative estimate of drug-likeness (QED) is 0.778. The van der Waals surface area contributed by atoms with Gasteiger partial charge < -0.3 is 10.2 Å². The predicted molar refractivity (Wildman–Crippen MR) is 93.9 cm³/mol. The molecule has 2 unspecified atom stereocenters. The fourth-order valence-corrected chi connectivity index (χ4v) is 2.93. The van der Waals surface area contributed by atoms with Gasteiger partial charge in [0, 0.05) is 50.8 Å². The third kappa shape index (κ3) is 6.66. The van der Waals surface area contributed by atoms with Crippen LogP contribution in [0.4, 0.5) is 0 Å². The molecular weight excluding hydrogens is 258 g/mol. The molecule has 3 nitrogen and oxygen atoms in total. The molecule has 0 aromatic rings. The average Bonchev–Trinajstić information content (AvgIpc) is 2.44. The molecule has 1 aliphatic heterocycles. The molecule has 126 valence electrons. The van der Waals surface area contributed by atoms with Crippen molar-refractivity contribution in [2.75, 3.05) is 39.3 Å². The predicted octanol–water partition coefficient (Wildman–Crippen LogP) is 3.21. The minimum Gasteiger partial charge on any atom is -0.311 e. The third-order valence-corrected chi connectivity index (χ3v) is 5.13. The first-order valence-electron chi connectivity index (χ1n) is 8.90. The molecule has 1 rings (SSSR count). The van der Waals surface area contributed by atoms with Crippen molar-refractivity contribution in [2.45, 2.75) is 72.9 Å². The van der Waals surface area contributed by atoms with Gasteiger partial charge >= 0.3 is 0 Å². The van der Waals surface area contributed by atoms with Gasteiger partial charge in [-0.2, -0.15) is 0 Å². The average molecular weight is 298 g/mol. The molecule has 3 heteroatoms. The van der Waals surface area contributed by atoms with E-state index in [1.165, 1.54) is 45.6 Å². The second-order valence-corrected chi connectivity index (χ2v) is 8.34. The van der Waals surface area contributed by atoms with Crippen molar-refractivity contribution >= 4 is 0 Å². The second kappa shape index (κ2) is 7.94. The minimum atomic E-state index is 0.214. The molecular formula is C18H39N3. The van der Waals surface area contributed by atoms with Crippen molar-refractivity contribution in [3.8, 4) is 0 Å². The van der Waals surface area contributed by atoms with Crippen molar-refractivity contribution < 1.29 is 0 Å². The van der Waals surface area contributed by atoms with Gasteiger partial charge in [-0.05, 0) is 46.0 Å². The molecule has 0 aromatic heterocycles. The van der Waals surface area contributed by atoms with E-state index in [0.29, 0.717) is 5.41 Å². The zero-order valence-electron chi connectivity index (χ0n) is 15.6. The molecule has 0 aromatic carbocycles. The van der Waals surface area contributed by atoms with Gasteiger partial charge in [-0.3, -0.25) is 4.90 Å². The van der Waals surface area contributed by atoms with Gasteiger partial charge in [0.1, 0.15) is 0 Å². The molecule has 1 saturated heterocycles. The van der Waals surface area contributed by atoms with Crippen LogP contribution in [0.1, 0.15) is 61.3 Å². The SMILES string of the molecule is CCC(C)N1CCN(CC(C)(CC)CNC(C)(C)C)CC1. The molecule has 0 bridgehead atoms. The summed E-state index contributed by atoms with van der Waals surface area (Å²) in [4.78, 5) is 5.32. The van der Waals surface area contributed by atoms with Crippen LogP contribution in [0.25, 0.3) is 0 Å². The van der Waals surface area contributed by atoms with Crippen molar-refractivity contribution in [1.29, 1.82) is 0 Å². The van der Waals surface area contributed by atoms with Gasteiger partial charge in [0.15, 0.2) is 0 Å². The highest BCUT2D eigenvalue weighted by Crippen LogP contribution is 2.24. The summed E-state index contributed by atoms with van der Waals surface area (Å²) in [6.45, 7) is 23.5. The molecule has 1 N–H and O–H groups in total. The molecule has 0 radical (unpaired) electrons. The molecule has 1 heterocycles. The topological polar surface area (TPSA) is 18.5 Å². The van der Waals surface area contributed by atoms with Gasteiger partial charge in [-0.1, -0.05) is 20.8 Å². The monoisotopic (exact) mass is 297 g/mol. The van der Waals surface area contributed by atoms with Gasteiger partial charge in [0.25, 0.3) is 0 Å². The zero-order chi connectivity index (χ0) is 16.1. The maximum atomic E-state index is 3.70. The Bertz CT molecular complexity index is 289. The lowest BCUT2D eigenvalue weighted by molar-refractivity contribution is 0.0667. The largest absolute Gasteiger partial charge is 0.311 e. The van der Waals surface area contributed by atoms with Crippen LogP contribution in [0.3, 0.4) is 0 Å². The lowest BCUT2D eigenvalue weighted by Gasteiger charge is -2.42. The summed E-state index contributed by atoms with van der Waals surface area (Å²) in [7, 11) is 0. The van der Waals surface area contributed by atoms with E-state index in [9.17, 15) is 0 Å². The number of hydrogen-bond donors (Lipinski definition) is 1. The summed E-state index contributed by atoms with van der Waals surface area (Å²) in [6.07, 6.45) is 2.50. The summed E-state index contributed by atoms with van der Waals surface area (Å²) < 4.78 is 0. The summed E-state index contributed by atoms with van der Waals surface area (Å²) >= 11 is 0. The first kappa shape index (κ1) is 18.9. The minimum absolute atomic E-state index is 0.214. The zero-order valence-corrected chi connectivity index (χ0v) is 15.6. The standard InChI is InChI=1S/C18H39N3/c1-8-16(3)21-12-10-20(11-13-21)15-18(7,9-2)14-19-17(4,5)6/h16,19H,8-15H2,1-7H3. The van der Waals surface area contributed by atoms with Gasteiger partial charge in [0.2, 0.25) is 0 Å². The molecule has 0 aliphatic carbocycles. The van der Waals surface area contributed by atoms with Crippen LogP contribution in [0.15, 0.2) is 0 Å². The van der Waals surface area contributed by atoms with Crippen molar-refractivity contribution in [1.82, 2.24) is 15.1 Å². The van der Waals surface area contributed by atoms with Crippen LogP contribution in [0.2, 0.25) is 0 Å². The number of nitrogens with zero attached hydrogens (tertiary/aromatic N) is 2. The number of nitrogens with one attached hydrogen (secondary N) is 1. The fraction of sp³-hybridized carbons (Fsp3) is 1.00. The Hall–Kier alpha value is -0.120. The third-order valence-electron chi connectivity index (χ3n) is 5.13. The first-order valence-corrected chi connectivity index (χ1v) is 8.90. The maximum absolute atomic E-state index is 3.70. The molecule has 0 saturated carbocycles.